The Hall–Kier alpha value is -2.50. The Morgan fingerprint density at radius 2 is 1.95 bits per heavy atom. The predicted octanol–water partition coefficient (Wildman–Crippen LogP) is 4.19. The Bertz CT molecular complexity index is 745. The molecule has 0 aliphatic carbocycles. The summed E-state index contributed by atoms with van der Waals surface area (Å²) in [6.45, 7) is 0.516. The van der Waals surface area contributed by atoms with Crippen LogP contribution in [0.4, 0.5) is 18.9 Å². The first-order valence-corrected chi connectivity index (χ1v) is 6.36. The summed E-state index contributed by atoms with van der Waals surface area (Å²) in [5.41, 5.74) is 1.75. The van der Waals surface area contributed by atoms with Crippen molar-refractivity contribution in [1.82, 2.24) is 9.97 Å². The molecular weight excluding hydrogens is 279 g/mol. The SMILES string of the molecule is FC(F)(F)c1ccc(NCc2cccc3[nH]ccc23)cn1. The van der Waals surface area contributed by atoms with Gasteiger partial charge in [0.2, 0.25) is 0 Å². The molecule has 0 unspecified atom stereocenters. The molecule has 0 radical (unpaired) electrons. The molecule has 108 valence electrons. The van der Waals surface area contributed by atoms with Crippen molar-refractivity contribution in [2.75, 3.05) is 5.32 Å². The number of nitrogens with zero attached hydrogens (tertiary/aromatic N) is 1. The van der Waals surface area contributed by atoms with Gasteiger partial charge in [-0.1, -0.05) is 12.1 Å². The number of H-pyrrole nitrogens is 1. The van der Waals surface area contributed by atoms with Gasteiger partial charge in [0.05, 0.1) is 11.9 Å². The third kappa shape index (κ3) is 2.84. The van der Waals surface area contributed by atoms with Crippen LogP contribution in [0.2, 0.25) is 0 Å². The highest BCUT2D eigenvalue weighted by Crippen LogP contribution is 2.28. The van der Waals surface area contributed by atoms with Gasteiger partial charge in [0.1, 0.15) is 5.69 Å². The van der Waals surface area contributed by atoms with Crippen LogP contribution in [-0.4, -0.2) is 9.97 Å². The number of fused-ring (bicyclic) bond motifs is 1. The standard InChI is InChI=1S/C15H12F3N3/c16-15(17,18)14-5-4-11(9-21-14)20-8-10-2-1-3-13-12(10)6-7-19-13/h1-7,9,19-20H,8H2. The van der Waals surface area contributed by atoms with E-state index in [4.69, 9.17) is 0 Å². The van der Waals surface area contributed by atoms with E-state index in [0.717, 1.165) is 22.5 Å². The van der Waals surface area contributed by atoms with Crippen LogP contribution in [0.3, 0.4) is 0 Å². The van der Waals surface area contributed by atoms with Gasteiger partial charge in [-0.3, -0.25) is 0 Å². The Morgan fingerprint density at radius 1 is 1.10 bits per heavy atom. The van der Waals surface area contributed by atoms with E-state index in [-0.39, 0.29) is 0 Å². The van der Waals surface area contributed by atoms with Crippen LogP contribution >= 0.6 is 0 Å². The maximum absolute atomic E-state index is 12.4. The number of anilines is 1. The van der Waals surface area contributed by atoms with E-state index < -0.39 is 11.9 Å². The Labute approximate surface area is 118 Å². The first-order chi connectivity index (χ1) is 10.0. The summed E-state index contributed by atoms with van der Waals surface area (Å²) in [6.07, 6.45) is -1.36. The van der Waals surface area contributed by atoms with Crippen molar-refractivity contribution in [3.8, 4) is 0 Å². The lowest BCUT2D eigenvalue weighted by Gasteiger charge is -2.09. The highest BCUT2D eigenvalue weighted by molar-refractivity contribution is 5.83. The van der Waals surface area contributed by atoms with Crippen molar-refractivity contribution >= 4 is 16.6 Å². The average Bonchev–Trinajstić information content (AvgIpc) is 2.93. The number of hydrogen-bond donors (Lipinski definition) is 2. The lowest BCUT2D eigenvalue weighted by molar-refractivity contribution is -0.141. The first-order valence-electron chi connectivity index (χ1n) is 6.36. The molecule has 0 fully saturated rings. The van der Waals surface area contributed by atoms with Gasteiger partial charge in [-0.25, -0.2) is 4.98 Å². The minimum absolute atomic E-state index is 0.516. The van der Waals surface area contributed by atoms with Crippen LogP contribution in [0.1, 0.15) is 11.3 Å². The topological polar surface area (TPSA) is 40.7 Å². The number of rotatable bonds is 3. The van der Waals surface area contributed by atoms with E-state index in [0.29, 0.717) is 12.2 Å². The molecule has 0 aliphatic heterocycles. The average molecular weight is 291 g/mol. The van der Waals surface area contributed by atoms with E-state index in [2.05, 4.69) is 15.3 Å². The summed E-state index contributed by atoms with van der Waals surface area (Å²) in [6, 6.07) is 10.2. The molecule has 0 saturated heterocycles. The van der Waals surface area contributed by atoms with Gasteiger partial charge < -0.3 is 10.3 Å². The van der Waals surface area contributed by atoms with Crippen molar-refractivity contribution < 1.29 is 13.2 Å². The Kier molecular flexibility index (Phi) is 3.29. The molecule has 2 aromatic heterocycles. The minimum Gasteiger partial charge on any atom is -0.380 e. The summed E-state index contributed by atoms with van der Waals surface area (Å²) >= 11 is 0. The smallest absolute Gasteiger partial charge is 0.380 e. The molecule has 0 aliphatic rings. The molecule has 1 aromatic carbocycles. The molecule has 21 heavy (non-hydrogen) atoms. The van der Waals surface area contributed by atoms with Crippen LogP contribution in [-0.2, 0) is 12.7 Å². The summed E-state index contributed by atoms with van der Waals surface area (Å²) in [4.78, 5) is 6.54. The zero-order chi connectivity index (χ0) is 14.9. The van der Waals surface area contributed by atoms with E-state index in [9.17, 15) is 13.2 Å². The second-order valence-corrected chi connectivity index (χ2v) is 4.64. The molecule has 0 atom stereocenters. The number of aromatic amines is 1. The zero-order valence-corrected chi connectivity index (χ0v) is 10.9. The molecule has 3 aromatic rings. The van der Waals surface area contributed by atoms with Gasteiger partial charge in [0.25, 0.3) is 0 Å². The number of pyridine rings is 1. The van der Waals surface area contributed by atoms with Crippen molar-refractivity contribution in [3.05, 3.63) is 60.0 Å². The Balaban J connectivity index is 1.74. The van der Waals surface area contributed by atoms with Crippen LogP contribution in [0.5, 0.6) is 0 Å². The van der Waals surface area contributed by atoms with Crippen molar-refractivity contribution in [1.29, 1.82) is 0 Å². The third-order valence-corrected chi connectivity index (χ3v) is 3.22. The molecule has 2 N–H and O–H groups in total. The fourth-order valence-corrected chi connectivity index (χ4v) is 2.17. The van der Waals surface area contributed by atoms with Crippen LogP contribution in [0.15, 0.2) is 48.8 Å². The molecule has 6 heteroatoms. The number of halogens is 3. The van der Waals surface area contributed by atoms with Crippen LogP contribution < -0.4 is 5.32 Å². The first kappa shape index (κ1) is 13.5. The lowest BCUT2D eigenvalue weighted by Crippen LogP contribution is -2.08. The molecule has 2 heterocycles. The molecule has 3 rings (SSSR count). The van der Waals surface area contributed by atoms with Gasteiger partial charge in [-0.15, -0.1) is 0 Å². The summed E-state index contributed by atoms with van der Waals surface area (Å²) in [7, 11) is 0. The summed E-state index contributed by atoms with van der Waals surface area (Å²) in [5.74, 6) is 0. The second-order valence-electron chi connectivity index (χ2n) is 4.64. The van der Waals surface area contributed by atoms with E-state index >= 15 is 0 Å². The van der Waals surface area contributed by atoms with Gasteiger partial charge >= 0.3 is 6.18 Å². The third-order valence-electron chi connectivity index (χ3n) is 3.22. The van der Waals surface area contributed by atoms with E-state index in [1.165, 1.54) is 12.3 Å². The fourth-order valence-electron chi connectivity index (χ4n) is 2.17. The molecule has 0 bridgehead atoms. The number of benzene rings is 1. The normalized spacial score (nSPS) is 11.8. The largest absolute Gasteiger partial charge is 0.433 e. The lowest BCUT2D eigenvalue weighted by atomic mass is 10.1. The summed E-state index contributed by atoms with van der Waals surface area (Å²) < 4.78 is 37.3. The van der Waals surface area contributed by atoms with Crippen molar-refractivity contribution in [3.63, 3.8) is 0 Å². The van der Waals surface area contributed by atoms with E-state index in [1.807, 2.05) is 30.5 Å². The molecular formula is C15H12F3N3. The zero-order valence-electron chi connectivity index (χ0n) is 10.9. The van der Waals surface area contributed by atoms with Crippen molar-refractivity contribution in [2.45, 2.75) is 12.7 Å². The molecule has 0 amide bonds. The van der Waals surface area contributed by atoms with Crippen LogP contribution in [0, 0.1) is 0 Å². The minimum atomic E-state index is -4.41. The van der Waals surface area contributed by atoms with Gasteiger partial charge in [-0.2, -0.15) is 13.2 Å². The van der Waals surface area contributed by atoms with Gasteiger partial charge in [-0.05, 0) is 29.8 Å². The number of nitrogens with one attached hydrogen (secondary N) is 2. The number of alkyl halides is 3. The molecule has 0 saturated carbocycles. The highest BCUT2D eigenvalue weighted by Gasteiger charge is 2.31. The Morgan fingerprint density at radius 3 is 2.67 bits per heavy atom. The maximum atomic E-state index is 12.4. The second kappa shape index (κ2) is 5.12. The van der Waals surface area contributed by atoms with Crippen LogP contribution in [0.25, 0.3) is 10.9 Å². The van der Waals surface area contributed by atoms with Gasteiger partial charge in [0, 0.05) is 23.6 Å². The van der Waals surface area contributed by atoms with Gasteiger partial charge in [0.15, 0.2) is 0 Å². The maximum Gasteiger partial charge on any atom is 0.433 e. The molecule has 0 spiro atoms. The van der Waals surface area contributed by atoms with Crippen molar-refractivity contribution in [2.24, 2.45) is 0 Å². The quantitative estimate of drug-likeness (QED) is 0.759. The monoisotopic (exact) mass is 291 g/mol. The summed E-state index contributed by atoms with van der Waals surface area (Å²) in [5, 5.41) is 4.17. The molecule has 3 nitrogen and oxygen atoms in total. The number of aromatic nitrogens is 2. The fraction of sp³-hybridized carbons (Fsp3) is 0.133. The van der Waals surface area contributed by atoms with E-state index in [1.54, 1.807) is 0 Å². The predicted molar refractivity (Wildman–Crippen MR) is 74.9 cm³/mol. The highest BCUT2D eigenvalue weighted by atomic mass is 19.4. The number of hydrogen-bond acceptors (Lipinski definition) is 2.